The average molecular weight is 237 g/mol. The molecular weight excluding hydrogens is 230 g/mol. The summed E-state index contributed by atoms with van der Waals surface area (Å²) in [6, 6.07) is 0. The molecule has 0 bridgehead atoms. The molecule has 0 atom stereocenters. The van der Waals surface area contributed by atoms with E-state index in [2.05, 4.69) is 15.0 Å². The van der Waals surface area contributed by atoms with E-state index in [0.717, 1.165) is 0 Å². The van der Waals surface area contributed by atoms with Crippen molar-refractivity contribution in [1.29, 1.82) is 0 Å². The fraction of sp³-hybridized carbons (Fsp3) is 0. The lowest BCUT2D eigenvalue weighted by Gasteiger charge is -2.02. The van der Waals surface area contributed by atoms with Crippen LogP contribution in [0.2, 0.25) is 0 Å². The van der Waals surface area contributed by atoms with Crippen LogP contribution in [0.1, 0.15) is 10.4 Å². The molecule has 2 aromatic heterocycles. The van der Waals surface area contributed by atoms with Gasteiger partial charge in [0.15, 0.2) is 5.82 Å². The van der Waals surface area contributed by atoms with E-state index >= 15 is 0 Å². The molecule has 0 fully saturated rings. The van der Waals surface area contributed by atoms with E-state index in [1.165, 1.54) is 17.5 Å². The molecule has 0 unspecified atom stereocenters. The first-order valence-corrected chi connectivity index (χ1v) is 5.12. The Balaban J connectivity index is 2.41. The van der Waals surface area contributed by atoms with Crippen LogP contribution in [0.5, 0.6) is 5.88 Å². The Morgan fingerprint density at radius 2 is 2.31 bits per heavy atom. The van der Waals surface area contributed by atoms with Crippen LogP contribution in [-0.2, 0) is 0 Å². The van der Waals surface area contributed by atoms with Gasteiger partial charge in [0.1, 0.15) is 11.3 Å². The smallest absolute Gasteiger partial charge is 0.272 e. The molecule has 0 saturated carbocycles. The highest BCUT2D eigenvalue weighted by atomic mass is 32.1. The zero-order valence-corrected chi connectivity index (χ0v) is 8.73. The highest BCUT2D eigenvalue weighted by Gasteiger charge is 2.14. The van der Waals surface area contributed by atoms with Crippen molar-refractivity contribution >= 4 is 17.2 Å². The van der Waals surface area contributed by atoms with E-state index < -0.39 is 11.8 Å². The normalized spacial score (nSPS) is 10.1. The number of hydrazine groups is 1. The first-order chi connectivity index (χ1) is 7.72. The Morgan fingerprint density at radius 1 is 1.50 bits per heavy atom. The van der Waals surface area contributed by atoms with Crippen LogP contribution in [0, 0.1) is 0 Å². The number of hydrogen-bond donors (Lipinski definition) is 3. The quantitative estimate of drug-likeness (QED) is 0.382. The van der Waals surface area contributed by atoms with Gasteiger partial charge in [0.25, 0.3) is 5.91 Å². The number of aromatic nitrogens is 3. The second-order valence-corrected chi connectivity index (χ2v) is 3.50. The summed E-state index contributed by atoms with van der Waals surface area (Å²) in [7, 11) is 0. The number of thiazole rings is 1. The van der Waals surface area contributed by atoms with E-state index in [0.29, 0.717) is 5.69 Å². The first-order valence-electron chi connectivity index (χ1n) is 4.18. The summed E-state index contributed by atoms with van der Waals surface area (Å²) >= 11 is 1.38. The van der Waals surface area contributed by atoms with Crippen LogP contribution in [-0.4, -0.2) is 26.0 Å². The van der Waals surface area contributed by atoms with Gasteiger partial charge in [-0.2, -0.15) is 4.98 Å². The number of nitrogens with zero attached hydrogens (tertiary/aromatic N) is 3. The van der Waals surface area contributed by atoms with E-state index in [-0.39, 0.29) is 11.4 Å². The summed E-state index contributed by atoms with van der Waals surface area (Å²) in [6.45, 7) is 0. The molecule has 0 aliphatic rings. The van der Waals surface area contributed by atoms with E-state index in [1.807, 2.05) is 5.43 Å². The Kier molecular flexibility index (Phi) is 2.75. The third-order valence-corrected chi connectivity index (χ3v) is 2.39. The van der Waals surface area contributed by atoms with Gasteiger partial charge < -0.3 is 5.11 Å². The molecule has 1 amide bonds. The van der Waals surface area contributed by atoms with Crippen LogP contribution in [0.3, 0.4) is 0 Å². The van der Waals surface area contributed by atoms with Crippen LogP contribution in [0.25, 0.3) is 11.5 Å². The minimum absolute atomic E-state index is 0.0820. The van der Waals surface area contributed by atoms with Gasteiger partial charge in [-0.15, -0.1) is 11.3 Å². The fourth-order valence-electron chi connectivity index (χ4n) is 1.06. The van der Waals surface area contributed by atoms with Crippen LogP contribution >= 0.6 is 11.3 Å². The van der Waals surface area contributed by atoms with Crippen molar-refractivity contribution in [3.8, 4) is 17.4 Å². The molecular formula is C8H7N5O2S. The number of carbonyl (C=O) groups excluding carboxylic acids is 1. The Hall–Kier alpha value is -2.06. The van der Waals surface area contributed by atoms with Gasteiger partial charge in [-0.05, 0) is 0 Å². The lowest BCUT2D eigenvalue weighted by Crippen LogP contribution is -2.30. The van der Waals surface area contributed by atoms with E-state index in [4.69, 9.17) is 5.84 Å². The predicted octanol–water partition coefficient (Wildman–Crippen LogP) is -0.0908. The summed E-state index contributed by atoms with van der Waals surface area (Å²) in [4.78, 5) is 22.8. The SMILES string of the molecule is NNC(=O)c1cnc(-c2cscn2)nc1O. The third-order valence-electron chi connectivity index (χ3n) is 1.81. The van der Waals surface area contributed by atoms with Gasteiger partial charge in [-0.25, -0.2) is 15.8 Å². The molecule has 8 heteroatoms. The van der Waals surface area contributed by atoms with Crippen LogP contribution < -0.4 is 11.3 Å². The number of nitrogens with one attached hydrogen (secondary N) is 1. The monoisotopic (exact) mass is 237 g/mol. The van der Waals surface area contributed by atoms with Crippen molar-refractivity contribution < 1.29 is 9.90 Å². The maximum atomic E-state index is 11.1. The minimum atomic E-state index is -0.651. The molecule has 82 valence electrons. The molecule has 7 nitrogen and oxygen atoms in total. The van der Waals surface area contributed by atoms with Gasteiger partial charge in [-0.3, -0.25) is 10.2 Å². The van der Waals surface area contributed by atoms with Gasteiger partial charge in [-0.1, -0.05) is 0 Å². The Bertz CT molecular complexity index is 513. The summed E-state index contributed by atoms with van der Waals surface area (Å²) in [6.07, 6.45) is 1.19. The second-order valence-electron chi connectivity index (χ2n) is 2.78. The molecule has 0 spiro atoms. The van der Waals surface area contributed by atoms with Gasteiger partial charge in [0.05, 0.1) is 5.51 Å². The number of nitrogens with two attached hydrogens (primary N) is 1. The van der Waals surface area contributed by atoms with Gasteiger partial charge in [0, 0.05) is 11.6 Å². The first kappa shape index (κ1) is 10.5. The lowest BCUT2D eigenvalue weighted by atomic mass is 10.3. The fourth-order valence-corrected chi connectivity index (χ4v) is 1.59. The maximum absolute atomic E-state index is 11.1. The zero-order valence-electron chi connectivity index (χ0n) is 7.91. The number of hydrogen-bond acceptors (Lipinski definition) is 7. The zero-order chi connectivity index (χ0) is 11.5. The van der Waals surface area contributed by atoms with Gasteiger partial charge in [0.2, 0.25) is 5.88 Å². The summed E-state index contributed by atoms with van der Waals surface area (Å²) in [5.74, 6) is 4.11. The van der Waals surface area contributed by atoms with Crippen LogP contribution in [0.4, 0.5) is 0 Å². The molecule has 0 aliphatic carbocycles. The summed E-state index contributed by atoms with van der Waals surface area (Å²) in [5.41, 5.74) is 3.96. The van der Waals surface area contributed by atoms with Gasteiger partial charge >= 0.3 is 0 Å². The minimum Gasteiger partial charge on any atom is -0.493 e. The summed E-state index contributed by atoms with van der Waals surface area (Å²) in [5, 5.41) is 11.2. The number of aromatic hydroxyl groups is 1. The van der Waals surface area contributed by atoms with E-state index in [9.17, 15) is 9.90 Å². The average Bonchev–Trinajstić information content (AvgIpc) is 2.81. The van der Waals surface area contributed by atoms with Crippen molar-refractivity contribution in [1.82, 2.24) is 20.4 Å². The third kappa shape index (κ3) is 1.83. The van der Waals surface area contributed by atoms with Crippen molar-refractivity contribution in [2.45, 2.75) is 0 Å². The molecule has 0 saturated heterocycles. The van der Waals surface area contributed by atoms with Crippen molar-refractivity contribution in [2.75, 3.05) is 0 Å². The topological polar surface area (TPSA) is 114 Å². The number of rotatable bonds is 2. The maximum Gasteiger partial charge on any atom is 0.272 e. The van der Waals surface area contributed by atoms with Crippen molar-refractivity contribution in [3.63, 3.8) is 0 Å². The Labute approximate surface area is 94.0 Å². The van der Waals surface area contributed by atoms with E-state index in [1.54, 1.807) is 10.9 Å². The standard InChI is InChI=1S/C8H7N5O2S/c9-13-8(15)4-1-10-6(12-7(4)14)5-2-16-3-11-5/h1-3H,9H2,(H,13,15)(H,10,12,14). The molecule has 16 heavy (non-hydrogen) atoms. The highest BCUT2D eigenvalue weighted by Crippen LogP contribution is 2.19. The number of nitrogen functional groups attached to an aromatic ring is 1. The number of amides is 1. The summed E-state index contributed by atoms with van der Waals surface area (Å²) < 4.78 is 0. The van der Waals surface area contributed by atoms with Crippen LogP contribution in [0.15, 0.2) is 17.1 Å². The molecule has 2 aromatic rings. The number of carbonyl (C=O) groups is 1. The molecule has 4 N–H and O–H groups in total. The van der Waals surface area contributed by atoms with Crippen molar-refractivity contribution in [2.24, 2.45) is 5.84 Å². The molecule has 2 rings (SSSR count). The largest absolute Gasteiger partial charge is 0.493 e. The molecule has 0 radical (unpaired) electrons. The second kappa shape index (κ2) is 4.21. The molecule has 2 heterocycles. The lowest BCUT2D eigenvalue weighted by molar-refractivity contribution is 0.0950. The molecule has 0 aromatic carbocycles. The van der Waals surface area contributed by atoms with Crippen molar-refractivity contribution in [3.05, 3.63) is 22.7 Å². The predicted molar refractivity (Wildman–Crippen MR) is 56.5 cm³/mol. The molecule has 0 aliphatic heterocycles. The Morgan fingerprint density at radius 3 is 2.88 bits per heavy atom. The highest BCUT2D eigenvalue weighted by molar-refractivity contribution is 7.07.